The third-order valence-electron chi connectivity index (χ3n) is 1.58. The molecule has 70 valence electrons. The van der Waals surface area contributed by atoms with E-state index in [-0.39, 0.29) is 25.1 Å². The Hall–Kier alpha value is -0.0900. The van der Waals surface area contributed by atoms with Crippen molar-refractivity contribution in [3.8, 4) is 0 Å². The number of hydrogen-bond acceptors (Lipinski definition) is 3. The predicted octanol–water partition coefficient (Wildman–Crippen LogP) is 1.94. The van der Waals surface area contributed by atoms with Crippen LogP contribution in [0.5, 0.6) is 0 Å². The smallest absolute Gasteiger partial charge is 0.0431 e. The van der Waals surface area contributed by atoms with Crippen molar-refractivity contribution in [2.24, 2.45) is 5.73 Å². The molecule has 1 rings (SSSR count). The van der Waals surface area contributed by atoms with E-state index < -0.39 is 0 Å². The summed E-state index contributed by atoms with van der Waals surface area (Å²) in [5.74, 6) is 0. The van der Waals surface area contributed by atoms with Crippen LogP contribution in [-0.4, -0.2) is 11.7 Å². The average molecular weight is 208 g/mol. The van der Waals surface area contributed by atoms with Crippen molar-refractivity contribution in [1.82, 2.24) is 0 Å². The third kappa shape index (κ3) is 3.54. The molecule has 1 atom stereocenters. The lowest BCUT2D eigenvalue weighted by Gasteiger charge is -2.06. The van der Waals surface area contributed by atoms with Crippen LogP contribution in [0.25, 0.3) is 0 Å². The minimum absolute atomic E-state index is 0. The first-order valence-corrected chi connectivity index (χ1v) is 4.62. The van der Waals surface area contributed by atoms with E-state index in [0.29, 0.717) is 0 Å². The molecular weight excluding hydrogens is 194 g/mol. The minimum Gasteiger partial charge on any atom is -0.396 e. The van der Waals surface area contributed by atoms with Crippen molar-refractivity contribution in [3.63, 3.8) is 0 Å². The van der Waals surface area contributed by atoms with Gasteiger partial charge < -0.3 is 10.8 Å². The van der Waals surface area contributed by atoms with Crippen LogP contribution in [-0.2, 0) is 0 Å². The highest BCUT2D eigenvalue weighted by molar-refractivity contribution is 7.10. The summed E-state index contributed by atoms with van der Waals surface area (Å²) in [7, 11) is 0. The van der Waals surface area contributed by atoms with E-state index in [1.54, 1.807) is 11.3 Å². The maximum Gasteiger partial charge on any atom is 0.0431 e. The standard InChI is InChI=1S/C8H13NOS.ClH/c9-7(3-1-5-10)8-4-2-6-11-8;/h2,4,6-7,10H,1,3,5,9H2;1H/t7-;/m0./s1. The Morgan fingerprint density at radius 2 is 2.33 bits per heavy atom. The molecule has 0 radical (unpaired) electrons. The Labute approximate surface area is 82.8 Å². The van der Waals surface area contributed by atoms with Gasteiger partial charge in [0.25, 0.3) is 0 Å². The van der Waals surface area contributed by atoms with Gasteiger partial charge >= 0.3 is 0 Å². The van der Waals surface area contributed by atoms with Crippen LogP contribution in [0.15, 0.2) is 17.5 Å². The molecule has 3 N–H and O–H groups in total. The Kier molecular flexibility index (Phi) is 6.38. The van der Waals surface area contributed by atoms with E-state index in [4.69, 9.17) is 10.8 Å². The Balaban J connectivity index is 0.00000121. The maximum atomic E-state index is 8.56. The number of hydrogen-bond donors (Lipinski definition) is 2. The number of rotatable bonds is 4. The van der Waals surface area contributed by atoms with Crippen molar-refractivity contribution in [2.75, 3.05) is 6.61 Å². The zero-order valence-electron chi connectivity index (χ0n) is 6.77. The Morgan fingerprint density at radius 3 is 2.83 bits per heavy atom. The van der Waals surface area contributed by atoms with E-state index in [1.165, 1.54) is 4.88 Å². The van der Waals surface area contributed by atoms with Gasteiger partial charge in [0.15, 0.2) is 0 Å². The molecule has 1 heterocycles. The average Bonchev–Trinajstić information content (AvgIpc) is 2.52. The largest absolute Gasteiger partial charge is 0.396 e. The Bertz CT molecular complexity index is 191. The second-order valence-electron chi connectivity index (χ2n) is 2.49. The predicted molar refractivity (Wildman–Crippen MR) is 54.8 cm³/mol. The second kappa shape index (κ2) is 6.43. The van der Waals surface area contributed by atoms with Crippen molar-refractivity contribution in [2.45, 2.75) is 18.9 Å². The first-order valence-electron chi connectivity index (χ1n) is 3.74. The van der Waals surface area contributed by atoms with E-state index in [0.717, 1.165) is 12.8 Å². The molecule has 0 saturated heterocycles. The van der Waals surface area contributed by atoms with Crippen LogP contribution >= 0.6 is 23.7 Å². The van der Waals surface area contributed by atoms with Crippen molar-refractivity contribution in [3.05, 3.63) is 22.4 Å². The summed E-state index contributed by atoms with van der Waals surface area (Å²) in [4.78, 5) is 1.21. The molecule has 12 heavy (non-hydrogen) atoms. The summed E-state index contributed by atoms with van der Waals surface area (Å²) in [5.41, 5.74) is 5.82. The molecule has 0 aromatic carbocycles. The molecule has 0 aliphatic carbocycles. The van der Waals surface area contributed by atoms with Gasteiger partial charge in [-0.1, -0.05) is 6.07 Å². The quantitative estimate of drug-likeness (QED) is 0.793. The molecule has 0 aliphatic heterocycles. The van der Waals surface area contributed by atoms with Crippen LogP contribution in [0, 0.1) is 0 Å². The number of halogens is 1. The SMILES string of the molecule is Cl.N[C@@H](CCCO)c1cccs1. The molecule has 1 aromatic heterocycles. The van der Waals surface area contributed by atoms with Crippen molar-refractivity contribution >= 4 is 23.7 Å². The second-order valence-corrected chi connectivity index (χ2v) is 3.47. The highest BCUT2D eigenvalue weighted by Crippen LogP contribution is 2.20. The molecule has 4 heteroatoms. The summed E-state index contributed by atoms with van der Waals surface area (Å²) < 4.78 is 0. The third-order valence-corrected chi connectivity index (χ3v) is 2.59. The summed E-state index contributed by atoms with van der Waals surface area (Å²) in [6.45, 7) is 0.235. The lowest BCUT2D eigenvalue weighted by molar-refractivity contribution is 0.280. The van der Waals surface area contributed by atoms with E-state index in [9.17, 15) is 0 Å². The van der Waals surface area contributed by atoms with Gasteiger partial charge in [-0.15, -0.1) is 23.7 Å². The van der Waals surface area contributed by atoms with Gasteiger partial charge in [0.05, 0.1) is 0 Å². The van der Waals surface area contributed by atoms with Crippen LogP contribution in [0.2, 0.25) is 0 Å². The van der Waals surface area contributed by atoms with Crippen LogP contribution in [0.4, 0.5) is 0 Å². The first-order chi connectivity index (χ1) is 5.34. The summed E-state index contributed by atoms with van der Waals surface area (Å²) in [6.07, 6.45) is 1.66. The fraction of sp³-hybridized carbons (Fsp3) is 0.500. The zero-order valence-corrected chi connectivity index (χ0v) is 8.40. The molecule has 0 bridgehead atoms. The van der Waals surface area contributed by atoms with Gasteiger partial charge in [-0.2, -0.15) is 0 Å². The number of nitrogens with two attached hydrogens (primary N) is 1. The molecule has 0 aliphatic rings. The molecule has 0 amide bonds. The Morgan fingerprint density at radius 1 is 1.58 bits per heavy atom. The topological polar surface area (TPSA) is 46.2 Å². The zero-order chi connectivity index (χ0) is 8.10. The monoisotopic (exact) mass is 207 g/mol. The summed E-state index contributed by atoms with van der Waals surface area (Å²) in [6, 6.07) is 4.15. The highest BCUT2D eigenvalue weighted by atomic mass is 35.5. The van der Waals surface area contributed by atoms with Gasteiger partial charge in [-0.25, -0.2) is 0 Å². The van der Waals surface area contributed by atoms with Gasteiger partial charge in [0.1, 0.15) is 0 Å². The number of aliphatic hydroxyl groups is 1. The molecule has 0 unspecified atom stereocenters. The normalized spacial score (nSPS) is 12.2. The molecule has 0 spiro atoms. The van der Waals surface area contributed by atoms with E-state index in [1.807, 2.05) is 17.5 Å². The molecule has 1 aromatic rings. The van der Waals surface area contributed by atoms with Crippen LogP contribution < -0.4 is 5.73 Å². The van der Waals surface area contributed by atoms with Crippen LogP contribution in [0.3, 0.4) is 0 Å². The van der Waals surface area contributed by atoms with Gasteiger partial charge in [0.2, 0.25) is 0 Å². The fourth-order valence-corrected chi connectivity index (χ4v) is 1.72. The lowest BCUT2D eigenvalue weighted by atomic mass is 10.1. The van der Waals surface area contributed by atoms with Gasteiger partial charge in [0, 0.05) is 17.5 Å². The van der Waals surface area contributed by atoms with Gasteiger partial charge in [-0.3, -0.25) is 0 Å². The fourth-order valence-electron chi connectivity index (χ4n) is 0.956. The molecule has 0 fully saturated rings. The molecule has 2 nitrogen and oxygen atoms in total. The summed E-state index contributed by atoms with van der Waals surface area (Å²) in [5, 5.41) is 10.6. The highest BCUT2D eigenvalue weighted by Gasteiger charge is 2.04. The number of aliphatic hydroxyl groups excluding tert-OH is 1. The van der Waals surface area contributed by atoms with Crippen molar-refractivity contribution in [1.29, 1.82) is 0 Å². The van der Waals surface area contributed by atoms with Crippen LogP contribution in [0.1, 0.15) is 23.8 Å². The summed E-state index contributed by atoms with van der Waals surface area (Å²) >= 11 is 1.67. The lowest BCUT2D eigenvalue weighted by Crippen LogP contribution is -2.08. The first kappa shape index (κ1) is 11.9. The van der Waals surface area contributed by atoms with Crippen molar-refractivity contribution < 1.29 is 5.11 Å². The molecule has 0 saturated carbocycles. The van der Waals surface area contributed by atoms with E-state index in [2.05, 4.69) is 0 Å². The minimum atomic E-state index is 0. The maximum absolute atomic E-state index is 8.56. The van der Waals surface area contributed by atoms with E-state index >= 15 is 0 Å². The molecular formula is C8H14ClNOS. The van der Waals surface area contributed by atoms with Gasteiger partial charge in [-0.05, 0) is 24.3 Å². The number of thiophene rings is 1.